The summed E-state index contributed by atoms with van der Waals surface area (Å²) < 4.78 is 7.21. The van der Waals surface area contributed by atoms with Crippen LogP contribution < -0.4 is 5.32 Å². The van der Waals surface area contributed by atoms with E-state index in [4.69, 9.17) is 4.74 Å². The number of ether oxygens (including phenoxy) is 1. The van der Waals surface area contributed by atoms with Crippen molar-refractivity contribution in [2.24, 2.45) is 7.05 Å². The van der Waals surface area contributed by atoms with Crippen LogP contribution in [-0.4, -0.2) is 54.1 Å². The van der Waals surface area contributed by atoms with E-state index >= 15 is 0 Å². The number of morpholine rings is 1. The van der Waals surface area contributed by atoms with E-state index < -0.39 is 0 Å². The molecule has 0 radical (unpaired) electrons. The highest BCUT2D eigenvalue weighted by Gasteiger charge is 2.09. The predicted molar refractivity (Wildman–Crippen MR) is 86.0 cm³/mol. The van der Waals surface area contributed by atoms with Crippen molar-refractivity contribution in [3.05, 3.63) is 17.5 Å². The summed E-state index contributed by atoms with van der Waals surface area (Å²) >= 11 is 0. The van der Waals surface area contributed by atoms with Crippen LogP contribution in [0.25, 0.3) is 0 Å². The van der Waals surface area contributed by atoms with Crippen LogP contribution in [0.4, 0.5) is 0 Å². The normalized spacial score (nSPS) is 15.5. The van der Waals surface area contributed by atoms with Gasteiger partial charge < -0.3 is 10.1 Å². The van der Waals surface area contributed by atoms with Crippen molar-refractivity contribution in [3.63, 3.8) is 0 Å². The van der Waals surface area contributed by atoms with Gasteiger partial charge in [-0.25, -0.2) is 0 Å². The monoisotopic (exact) mass is 324 g/mol. The molecule has 1 aromatic heterocycles. The van der Waals surface area contributed by atoms with E-state index in [0.29, 0.717) is 0 Å². The van der Waals surface area contributed by atoms with Gasteiger partial charge in [0.2, 0.25) is 0 Å². The van der Waals surface area contributed by atoms with Gasteiger partial charge in [-0.1, -0.05) is 0 Å². The largest absolute Gasteiger partial charge is 0.379 e. The molecule has 1 fully saturated rings. The fraction of sp³-hybridized carbons (Fsp3) is 0.769. The molecule has 0 saturated carbocycles. The number of aryl methyl sites for hydroxylation is 2. The Morgan fingerprint density at radius 1 is 1.30 bits per heavy atom. The maximum Gasteiger partial charge on any atom is 0.0638 e. The molecular weight excluding hydrogens is 299 g/mol. The Labute approximate surface area is 133 Å². The summed E-state index contributed by atoms with van der Waals surface area (Å²) in [4.78, 5) is 2.47. The quantitative estimate of drug-likeness (QED) is 0.803. The van der Waals surface area contributed by atoms with Crippen molar-refractivity contribution in [1.82, 2.24) is 20.0 Å². The van der Waals surface area contributed by atoms with E-state index in [1.165, 1.54) is 18.5 Å². The van der Waals surface area contributed by atoms with E-state index in [2.05, 4.69) is 28.4 Å². The van der Waals surface area contributed by atoms with E-state index in [1.807, 2.05) is 11.7 Å². The van der Waals surface area contributed by atoms with Crippen molar-refractivity contribution in [3.8, 4) is 0 Å². The van der Waals surface area contributed by atoms with E-state index in [-0.39, 0.29) is 24.8 Å². The van der Waals surface area contributed by atoms with Crippen LogP contribution in [0.1, 0.15) is 17.7 Å². The molecule has 1 aliphatic heterocycles. The molecule has 5 nitrogen and oxygen atoms in total. The van der Waals surface area contributed by atoms with Gasteiger partial charge in [-0.3, -0.25) is 9.58 Å². The topological polar surface area (TPSA) is 42.3 Å². The molecule has 1 N–H and O–H groups in total. The lowest BCUT2D eigenvalue weighted by atomic mass is 10.2. The molecule has 1 aromatic rings. The third-order valence-corrected chi connectivity index (χ3v) is 3.36. The molecule has 0 unspecified atom stereocenters. The highest BCUT2D eigenvalue weighted by atomic mass is 35.5. The molecule has 0 aliphatic carbocycles. The number of nitrogens with zero attached hydrogens (tertiary/aromatic N) is 3. The third kappa shape index (κ3) is 6.41. The van der Waals surface area contributed by atoms with Gasteiger partial charge in [0.25, 0.3) is 0 Å². The third-order valence-electron chi connectivity index (χ3n) is 3.36. The molecule has 118 valence electrons. The molecule has 1 aliphatic rings. The molecule has 0 bridgehead atoms. The van der Waals surface area contributed by atoms with Crippen LogP contribution in [0.15, 0.2) is 6.20 Å². The standard InChI is InChI=1S/C13H24N4O.2ClH/c1-12-13(11-16(2)15-12)10-14-4-3-5-17-6-8-18-9-7-17;;/h11,14H,3-10H2,1-2H3;2*1H. The smallest absolute Gasteiger partial charge is 0.0638 e. The summed E-state index contributed by atoms with van der Waals surface area (Å²) in [6, 6.07) is 0. The van der Waals surface area contributed by atoms with Gasteiger partial charge in [-0.15, -0.1) is 24.8 Å². The second kappa shape index (κ2) is 10.4. The molecular formula is C13H26Cl2N4O. The van der Waals surface area contributed by atoms with Gasteiger partial charge in [0.1, 0.15) is 0 Å². The Hall–Kier alpha value is -0.330. The minimum Gasteiger partial charge on any atom is -0.379 e. The van der Waals surface area contributed by atoms with Crippen molar-refractivity contribution >= 4 is 24.8 Å². The van der Waals surface area contributed by atoms with Gasteiger partial charge in [0, 0.05) is 38.4 Å². The van der Waals surface area contributed by atoms with Crippen LogP contribution in [-0.2, 0) is 18.3 Å². The van der Waals surface area contributed by atoms with E-state index in [9.17, 15) is 0 Å². The first-order valence-corrected chi connectivity index (χ1v) is 6.75. The molecule has 2 heterocycles. The Kier molecular flexibility index (Phi) is 10.2. The fourth-order valence-electron chi connectivity index (χ4n) is 2.30. The second-order valence-corrected chi connectivity index (χ2v) is 4.90. The lowest BCUT2D eigenvalue weighted by Crippen LogP contribution is -2.37. The second-order valence-electron chi connectivity index (χ2n) is 4.90. The first-order chi connectivity index (χ1) is 8.75. The van der Waals surface area contributed by atoms with Gasteiger partial charge in [-0.05, 0) is 26.4 Å². The first kappa shape index (κ1) is 19.7. The summed E-state index contributed by atoms with van der Waals surface area (Å²) in [6.07, 6.45) is 3.28. The predicted octanol–water partition coefficient (Wildman–Crippen LogP) is 1.38. The van der Waals surface area contributed by atoms with Gasteiger partial charge in [0.05, 0.1) is 18.9 Å². The van der Waals surface area contributed by atoms with Gasteiger partial charge >= 0.3 is 0 Å². The Morgan fingerprint density at radius 2 is 2.00 bits per heavy atom. The zero-order chi connectivity index (χ0) is 12.8. The van der Waals surface area contributed by atoms with Crippen LogP contribution >= 0.6 is 24.8 Å². The number of aromatic nitrogens is 2. The first-order valence-electron chi connectivity index (χ1n) is 6.75. The number of hydrogen-bond acceptors (Lipinski definition) is 4. The number of nitrogens with one attached hydrogen (secondary N) is 1. The zero-order valence-electron chi connectivity index (χ0n) is 12.3. The average molecular weight is 325 g/mol. The fourth-order valence-corrected chi connectivity index (χ4v) is 2.30. The van der Waals surface area contributed by atoms with E-state index in [1.54, 1.807) is 0 Å². The SMILES string of the molecule is Cc1nn(C)cc1CNCCCN1CCOCC1.Cl.Cl. The lowest BCUT2D eigenvalue weighted by molar-refractivity contribution is 0.0374. The van der Waals surface area contributed by atoms with Crippen molar-refractivity contribution in [2.45, 2.75) is 19.9 Å². The zero-order valence-corrected chi connectivity index (χ0v) is 13.9. The molecule has 0 atom stereocenters. The van der Waals surface area contributed by atoms with Gasteiger partial charge in [-0.2, -0.15) is 5.10 Å². The van der Waals surface area contributed by atoms with Crippen molar-refractivity contribution in [1.29, 1.82) is 0 Å². The maximum atomic E-state index is 5.33. The number of hydrogen-bond donors (Lipinski definition) is 1. The molecule has 2 rings (SSSR count). The van der Waals surface area contributed by atoms with E-state index in [0.717, 1.165) is 45.1 Å². The van der Waals surface area contributed by atoms with Crippen LogP contribution in [0.5, 0.6) is 0 Å². The van der Waals surface area contributed by atoms with Crippen LogP contribution in [0.3, 0.4) is 0 Å². The molecule has 0 aromatic carbocycles. The Morgan fingerprint density at radius 3 is 2.60 bits per heavy atom. The Bertz CT molecular complexity index is 367. The highest BCUT2D eigenvalue weighted by molar-refractivity contribution is 5.85. The summed E-state index contributed by atoms with van der Waals surface area (Å²) in [6.45, 7) is 9.16. The average Bonchev–Trinajstić information content (AvgIpc) is 2.69. The maximum absolute atomic E-state index is 5.33. The Balaban J connectivity index is 0.00000180. The molecule has 7 heteroatoms. The highest BCUT2D eigenvalue weighted by Crippen LogP contribution is 2.03. The molecule has 0 amide bonds. The summed E-state index contributed by atoms with van der Waals surface area (Å²) in [5.74, 6) is 0. The lowest BCUT2D eigenvalue weighted by Gasteiger charge is -2.26. The molecule has 0 spiro atoms. The van der Waals surface area contributed by atoms with Crippen LogP contribution in [0, 0.1) is 6.92 Å². The van der Waals surface area contributed by atoms with Crippen LogP contribution in [0.2, 0.25) is 0 Å². The minimum atomic E-state index is 0. The molecule has 1 saturated heterocycles. The number of rotatable bonds is 6. The van der Waals surface area contributed by atoms with Crippen molar-refractivity contribution in [2.75, 3.05) is 39.4 Å². The summed E-state index contributed by atoms with van der Waals surface area (Å²) in [5, 5.41) is 7.82. The minimum absolute atomic E-state index is 0. The summed E-state index contributed by atoms with van der Waals surface area (Å²) in [5.41, 5.74) is 2.42. The van der Waals surface area contributed by atoms with Gasteiger partial charge in [0.15, 0.2) is 0 Å². The number of halogens is 2. The summed E-state index contributed by atoms with van der Waals surface area (Å²) in [7, 11) is 1.97. The van der Waals surface area contributed by atoms with Crippen molar-refractivity contribution < 1.29 is 4.74 Å². The molecule has 20 heavy (non-hydrogen) atoms.